The van der Waals surface area contributed by atoms with Crippen LogP contribution in [0.2, 0.25) is 0 Å². The van der Waals surface area contributed by atoms with Crippen molar-refractivity contribution in [2.75, 3.05) is 24.4 Å². The molecule has 0 aromatic heterocycles. The van der Waals surface area contributed by atoms with E-state index < -0.39 is 6.09 Å². The molecule has 0 spiro atoms. The number of carbonyl (C=O) groups is 2. The summed E-state index contributed by atoms with van der Waals surface area (Å²) in [6.45, 7) is 3.83. The van der Waals surface area contributed by atoms with E-state index in [0.29, 0.717) is 11.4 Å². The summed E-state index contributed by atoms with van der Waals surface area (Å²) < 4.78 is 10.0. The molecule has 2 aromatic carbocycles. The molecular weight excluding hydrogens is 332 g/mol. The molecule has 0 saturated heterocycles. The van der Waals surface area contributed by atoms with Crippen LogP contribution in [0.15, 0.2) is 48.5 Å². The Kier molecular flexibility index (Phi) is 6.79. The average molecular weight is 354 g/mol. The van der Waals surface area contributed by atoms with Crippen molar-refractivity contribution in [3.63, 3.8) is 0 Å². The third kappa shape index (κ3) is 5.37. The smallest absolute Gasteiger partial charge is 0.411 e. The summed E-state index contributed by atoms with van der Waals surface area (Å²) in [5, 5.41) is 5.46. The summed E-state index contributed by atoms with van der Waals surface area (Å²) in [5.74, 6) is 0.449. The molecule has 0 unspecified atom stereocenters. The number of methoxy groups -OCH3 is 1. The number of hydrogen-bond acceptors (Lipinski definition) is 4. The van der Waals surface area contributed by atoms with Gasteiger partial charge in [-0.15, -0.1) is 0 Å². The van der Waals surface area contributed by atoms with Crippen LogP contribution in [0.1, 0.15) is 18.1 Å². The van der Waals surface area contributed by atoms with E-state index in [9.17, 15) is 9.59 Å². The van der Waals surface area contributed by atoms with Crippen LogP contribution in [0.4, 0.5) is 16.2 Å². The second-order valence-electron chi connectivity index (χ2n) is 5.42. The molecule has 2 rings (SSSR count). The van der Waals surface area contributed by atoms with Crippen LogP contribution < -0.4 is 15.4 Å². The van der Waals surface area contributed by atoms with Crippen molar-refractivity contribution in [2.45, 2.75) is 13.8 Å². The van der Waals surface area contributed by atoms with E-state index in [2.05, 4.69) is 10.6 Å². The van der Waals surface area contributed by atoms with Crippen LogP contribution in [0.25, 0.3) is 6.08 Å². The van der Waals surface area contributed by atoms with Gasteiger partial charge in [-0.3, -0.25) is 10.1 Å². The lowest BCUT2D eigenvalue weighted by molar-refractivity contribution is -0.111. The number of nitrogens with one attached hydrogen (secondary N) is 2. The molecule has 0 aliphatic carbocycles. The third-order valence-corrected chi connectivity index (χ3v) is 3.62. The summed E-state index contributed by atoms with van der Waals surface area (Å²) in [6, 6.07) is 12.7. The molecule has 2 amide bonds. The second kappa shape index (κ2) is 9.27. The van der Waals surface area contributed by atoms with Gasteiger partial charge in [-0.05, 0) is 55.3 Å². The molecule has 0 aliphatic heterocycles. The Morgan fingerprint density at radius 3 is 2.46 bits per heavy atom. The van der Waals surface area contributed by atoms with Crippen molar-refractivity contribution in [3.8, 4) is 5.75 Å². The predicted molar refractivity (Wildman–Crippen MR) is 102 cm³/mol. The number of ether oxygens (including phenoxy) is 2. The first-order valence-corrected chi connectivity index (χ1v) is 8.20. The van der Waals surface area contributed by atoms with Crippen LogP contribution in [0.3, 0.4) is 0 Å². The maximum atomic E-state index is 12.2. The molecule has 2 N–H and O–H groups in total. The quantitative estimate of drug-likeness (QED) is 0.761. The summed E-state index contributed by atoms with van der Waals surface area (Å²) >= 11 is 0. The second-order valence-corrected chi connectivity index (χ2v) is 5.42. The molecule has 0 bridgehead atoms. The average Bonchev–Trinajstić information content (AvgIpc) is 2.64. The minimum absolute atomic E-state index is 0.274. The van der Waals surface area contributed by atoms with E-state index in [1.807, 2.05) is 31.2 Å². The lowest BCUT2D eigenvalue weighted by Gasteiger charge is -2.12. The highest BCUT2D eigenvalue weighted by Gasteiger charge is 2.09. The third-order valence-electron chi connectivity index (χ3n) is 3.62. The fourth-order valence-corrected chi connectivity index (χ4v) is 2.28. The number of benzene rings is 2. The van der Waals surface area contributed by atoms with E-state index in [0.717, 1.165) is 16.9 Å². The van der Waals surface area contributed by atoms with E-state index in [4.69, 9.17) is 9.47 Å². The summed E-state index contributed by atoms with van der Waals surface area (Å²) in [5.41, 5.74) is 2.79. The first-order chi connectivity index (χ1) is 12.5. The fourth-order valence-electron chi connectivity index (χ4n) is 2.28. The molecule has 0 saturated carbocycles. The van der Waals surface area contributed by atoms with Gasteiger partial charge in [0.1, 0.15) is 5.75 Å². The lowest BCUT2D eigenvalue weighted by Crippen LogP contribution is -2.15. The molecule has 0 fully saturated rings. The van der Waals surface area contributed by atoms with Crippen LogP contribution in [0, 0.1) is 6.92 Å². The van der Waals surface area contributed by atoms with Crippen LogP contribution in [-0.2, 0) is 9.53 Å². The zero-order chi connectivity index (χ0) is 18.9. The van der Waals surface area contributed by atoms with Gasteiger partial charge >= 0.3 is 6.09 Å². The largest absolute Gasteiger partial charge is 0.497 e. The number of carbonyl (C=O) groups excluding carboxylic acids is 2. The van der Waals surface area contributed by atoms with E-state index in [-0.39, 0.29) is 12.5 Å². The van der Waals surface area contributed by atoms with Gasteiger partial charge in [0.2, 0.25) is 5.91 Å². The number of anilines is 2. The van der Waals surface area contributed by atoms with Crippen LogP contribution in [0.5, 0.6) is 5.75 Å². The maximum absolute atomic E-state index is 12.2. The molecule has 0 heterocycles. The zero-order valence-electron chi connectivity index (χ0n) is 15.0. The van der Waals surface area contributed by atoms with Crippen LogP contribution >= 0.6 is 0 Å². The van der Waals surface area contributed by atoms with Gasteiger partial charge in [0.15, 0.2) is 0 Å². The zero-order valence-corrected chi connectivity index (χ0v) is 15.0. The molecule has 6 nitrogen and oxygen atoms in total. The van der Waals surface area contributed by atoms with Crippen molar-refractivity contribution < 1.29 is 19.1 Å². The predicted octanol–water partition coefficient (Wildman–Crippen LogP) is 4.22. The summed E-state index contributed by atoms with van der Waals surface area (Å²) in [7, 11) is 1.59. The van der Waals surface area contributed by atoms with Gasteiger partial charge in [0.25, 0.3) is 0 Å². The highest BCUT2D eigenvalue weighted by molar-refractivity contribution is 6.03. The Hall–Kier alpha value is -3.28. The maximum Gasteiger partial charge on any atom is 0.411 e. The molecule has 0 atom stereocenters. The first-order valence-electron chi connectivity index (χ1n) is 8.20. The Bertz CT molecular complexity index is 815. The Labute approximate surface area is 152 Å². The monoisotopic (exact) mass is 354 g/mol. The van der Waals surface area contributed by atoms with E-state index >= 15 is 0 Å². The number of hydrogen-bond donors (Lipinski definition) is 2. The van der Waals surface area contributed by atoms with Crippen molar-refractivity contribution in [3.05, 3.63) is 59.7 Å². The van der Waals surface area contributed by atoms with E-state index in [1.165, 1.54) is 6.08 Å². The van der Waals surface area contributed by atoms with Gasteiger partial charge < -0.3 is 14.8 Å². The Balaban J connectivity index is 2.06. The minimum Gasteiger partial charge on any atom is -0.497 e. The first kappa shape index (κ1) is 19.1. The normalized spacial score (nSPS) is 10.4. The molecule has 0 radical (unpaired) electrons. The fraction of sp³-hybridized carbons (Fsp3) is 0.200. The van der Waals surface area contributed by atoms with Crippen molar-refractivity contribution in [1.82, 2.24) is 0 Å². The van der Waals surface area contributed by atoms with E-state index in [1.54, 1.807) is 38.3 Å². The standard InChI is InChI=1S/C20H22N2O4/c1-4-26-20(24)22-18-10-6-9-17(14(18)2)21-19(23)12-11-15-7-5-8-16(13-15)25-3/h5-13H,4H2,1-3H3,(H,21,23)(H,22,24)/b12-11+. The number of amides is 2. The highest BCUT2D eigenvalue weighted by atomic mass is 16.5. The Morgan fingerprint density at radius 1 is 1.08 bits per heavy atom. The van der Waals surface area contributed by atoms with Crippen LogP contribution in [-0.4, -0.2) is 25.7 Å². The topological polar surface area (TPSA) is 76.7 Å². The van der Waals surface area contributed by atoms with Crippen molar-refractivity contribution in [2.24, 2.45) is 0 Å². The summed E-state index contributed by atoms with van der Waals surface area (Å²) in [6.07, 6.45) is 2.62. The van der Waals surface area contributed by atoms with Gasteiger partial charge in [-0.25, -0.2) is 4.79 Å². The molecule has 6 heteroatoms. The van der Waals surface area contributed by atoms with Gasteiger partial charge in [-0.1, -0.05) is 18.2 Å². The van der Waals surface area contributed by atoms with Crippen molar-refractivity contribution >= 4 is 29.5 Å². The molecule has 26 heavy (non-hydrogen) atoms. The SMILES string of the molecule is CCOC(=O)Nc1cccc(NC(=O)/C=C/c2cccc(OC)c2)c1C. The summed E-state index contributed by atoms with van der Waals surface area (Å²) in [4.78, 5) is 23.8. The van der Waals surface area contributed by atoms with Gasteiger partial charge in [0, 0.05) is 17.5 Å². The highest BCUT2D eigenvalue weighted by Crippen LogP contribution is 2.23. The molecule has 0 aliphatic rings. The van der Waals surface area contributed by atoms with Gasteiger partial charge in [0.05, 0.1) is 13.7 Å². The minimum atomic E-state index is -0.531. The molecule has 136 valence electrons. The Morgan fingerprint density at radius 2 is 1.77 bits per heavy atom. The molecular formula is C20H22N2O4. The van der Waals surface area contributed by atoms with Crippen molar-refractivity contribution in [1.29, 1.82) is 0 Å². The molecule has 2 aromatic rings. The number of rotatable bonds is 6. The lowest BCUT2D eigenvalue weighted by atomic mass is 10.1. The van der Waals surface area contributed by atoms with Gasteiger partial charge in [-0.2, -0.15) is 0 Å².